The molecule has 1 heterocycles. The van der Waals surface area contributed by atoms with Crippen LogP contribution in [0.1, 0.15) is 44.2 Å². The van der Waals surface area contributed by atoms with Crippen LogP contribution in [-0.4, -0.2) is 35.0 Å². The van der Waals surface area contributed by atoms with Crippen LogP contribution in [0.5, 0.6) is 11.5 Å². The molecule has 0 saturated heterocycles. The highest BCUT2D eigenvalue weighted by atomic mass is 16.5. The summed E-state index contributed by atoms with van der Waals surface area (Å²) in [4.78, 5) is 12.0. The van der Waals surface area contributed by atoms with Crippen molar-refractivity contribution in [1.82, 2.24) is 0 Å². The summed E-state index contributed by atoms with van der Waals surface area (Å²) in [6.07, 6.45) is 5.93. The van der Waals surface area contributed by atoms with Crippen molar-refractivity contribution in [2.75, 3.05) is 6.61 Å². The molecule has 0 amide bonds. The molecule has 1 aliphatic heterocycles. The summed E-state index contributed by atoms with van der Waals surface area (Å²) in [5.41, 5.74) is 1.05. The fourth-order valence-electron chi connectivity index (χ4n) is 2.76. The molecule has 0 radical (unpaired) electrons. The first-order valence-corrected chi connectivity index (χ1v) is 8.03. The third-order valence-electron chi connectivity index (χ3n) is 3.85. The lowest BCUT2D eigenvalue weighted by Gasteiger charge is -2.18. The zero-order valence-corrected chi connectivity index (χ0v) is 13.6. The maximum absolute atomic E-state index is 12.0. The van der Waals surface area contributed by atoms with Gasteiger partial charge in [0.2, 0.25) is 0 Å². The van der Waals surface area contributed by atoms with Crippen molar-refractivity contribution in [3.63, 3.8) is 0 Å². The fraction of sp³-hybridized carbons (Fsp3) is 0.500. The van der Waals surface area contributed by atoms with Gasteiger partial charge in [-0.1, -0.05) is 12.2 Å². The first-order valence-electron chi connectivity index (χ1n) is 8.03. The summed E-state index contributed by atoms with van der Waals surface area (Å²) in [6, 6.07) is 2.74. The number of fused-ring (bicyclic) bond motifs is 1. The molecule has 0 saturated carbocycles. The minimum Gasteiger partial charge on any atom is -0.508 e. The van der Waals surface area contributed by atoms with Gasteiger partial charge in [0.25, 0.3) is 0 Å². The number of hydrogen-bond acceptors (Lipinski definition) is 5. The predicted octanol–water partition coefficient (Wildman–Crippen LogP) is 3.17. The first-order chi connectivity index (χ1) is 11.0. The maximum atomic E-state index is 12.0. The summed E-state index contributed by atoms with van der Waals surface area (Å²) in [7, 11) is 0. The van der Waals surface area contributed by atoms with E-state index in [-0.39, 0.29) is 36.1 Å². The molecule has 1 unspecified atom stereocenters. The Balaban J connectivity index is 2.37. The highest BCUT2D eigenvalue weighted by Gasteiger charge is 2.17. The molecule has 2 N–H and O–H groups in total. The summed E-state index contributed by atoms with van der Waals surface area (Å²) in [5, 5.41) is 19.8. The molecule has 5 heteroatoms. The van der Waals surface area contributed by atoms with E-state index in [1.807, 2.05) is 19.9 Å². The quantitative estimate of drug-likeness (QED) is 0.819. The highest BCUT2D eigenvalue weighted by molar-refractivity contribution is 5.76. The lowest BCUT2D eigenvalue weighted by Crippen LogP contribution is -2.19. The zero-order valence-electron chi connectivity index (χ0n) is 13.6. The van der Waals surface area contributed by atoms with Crippen molar-refractivity contribution in [2.24, 2.45) is 0 Å². The highest BCUT2D eigenvalue weighted by Crippen LogP contribution is 2.30. The third kappa shape index (κ3) is 4.99. The second-order valence-electron chi connectivity index (χ2n) is 5.80. The monoisotopic (exact) mass is 320 g/mol. The van der Waals surface area contributed by atoms with Gasteiger partial charge >= 0.3 is 5.97 Å². The van der Waals surface area contributed by atoms with Crippen LogP contribution >= 0.6 is 0 Å². The first kappa shape index (κ1) is 17.3. The lowest BCUT2D eigenvalue weighted by molar-refractivity contribution is -0.147. The number of phenolic OH excluding ortho intramolecular Hbond substituents is 2. The Morgan fingerprint density at radius 1 is 1.30 bits per heavy atom. The van der Waals surface area contributed by atoms with E-state index in [1.165, 1.54) is 12.1 Å². The standard InChI is InChI=1S/C18H24O5/c1-3-22-15-6-4-5-12(2)23-18(21)10-13-9-14(19)11-17(20)16(13)8-7-15/h7-9,11-12,15,19-20H,3-6,10H2,1-2H3/b8-7+/t12-,15?/m0/s1. The van der Waals surface area contributed by atoms with Crippen LogP contribution in [0, 0.1) is 0 Å². The molecule has 0 spiro atoms. The van der Waals surface area contributed by atoms with Gasteiger partial charge in [0, 0.05) is 18.2 Å². The Morgan fingerprint density at radius 3 is 2.83 bits per heavy atom. The normalized spacial score (nSPS) is 24.0. The Bertz CT molecular complexity index is 579. The van der Waals surface area contributed by atoms with Crippen LogP contribution in [0.3, 0.4) is 0 Å². The summed E-state index contributed by atoms with van der Waals surface area (Å²) in [6.45, 7) is 4.42. The second kappa shape index (κ2) is 8.02. The fourth-order valence-corrected chi connectivity index (χ4v) is 2.76. The van der Waals surface area contributed by atoms with Crippen LogP contribution in [-0.2, 0) is 20.7 Å². The molecule has 5 nitrogen and oxygen atoms in total. The van der Waals surface area contributed by atoms with Crippen molar-refractivity contribution in [3.8, 4) is 11.5 Å². The van der Waals surface area contributed by atoms with Gasteiger partial charge in [0.1, 0.15) is 11.5 Å². The van der Waals surface area contributed by atoms with Crippen molar-refractivity contribution < 1.29 is 24.5 Å². The molecule has 1 aromatic rings. The van der Waals surface area contributed by atoms with E-state index in [4.69, 9.17) is 9.47 Å². The zero-order chi connectivity index (χ0) is 16.8. The van der Waals surface area contributed by atoms with Gasteiger partial charge in [-0.3, -0.25) is 4.79 Å². The second-order valence-corrected chi connectivity index (χ2v) is 5.80. The van der Waals surface area contributed by atoms with E-state index in [0.717, 1.165) is 19.3 Å². The predicted molar refractivity (Wildman–Crippen MR) is 87.3 cm³/mol. The number of rotatable bonds is 2. The van der Waals surface area contributed by atoms with Gasteiger partial charge in [-0.25, -0.2) is 0 Å². The third-order valence-corrected chi connectivity index (χ3v) is 3.85. The van der Waals surface area contributed by atoms with Crippen molar-refractivity contribution >= 4 is 12.0 Å². The van der Waals surface area contributed by atoms with E-state index < -0.39 is 0 Å². The van der Waals surface area contributed by atoms with Gasteiger partial charge in [-0.2, -0.15) is 0 Å². The van der Waals surface area contributed by atoms with Crippen LogP contribution in [0.2, 0.25) is 0 Å². The molecule has 0 aromatic heterocycles. The van der Waals surface area contributed by atoms with Crippen molar-refractivity contribution in [2.45, 2.75) is 51.7 Å². The molecular weight excluding hydrogens is 296 g/mol. The Kier molecular flexibility index (Phi) is 6.04. The Morgan fingerprint density at radius 2 is 2.09 bits per heavy atom. The van der Waals surface area contributed by atoms with E-state index in [0.29, 0.717) is 17.7 Å². The van der Waals surface area contributed by atoms with E-state index in [9.17, 15) is 15.0 Å². The number of cyclic esters (lactones) is 1. The number of benzene rings is 1. The molecule has 2 rings (SSSR count). The van der Waals surface area contributed by atoms with Crippen LogP contribution in [0.15, 0.2) is 18.2 Å². The minimum atomic E-state index is -0.362. The number of hydrogen-bond donors (Lipinski definition) is 2. The molecule has 23 heavy (non-hydrogen) atoms. The molecule has 2 atom stereocenters. The van der Waals surface area contributed by atoms with E-state index >= 15 is 0 Å². The topological polar surface area (TPSA) is 76.0 Å². The van der Waals surface area contributed by atoms with Gasteiger partial charge in [0.05, 0.1) is 18.6 Å². The van der Waals surface area contributed by atoms with E-state index in [2.05, 4.69) is 0 Å². The summed E-state index contributed by atoms with van der Waals surface area (Å²) in [5.74, 6) is -0.507. The molecule has 1 aromatic carbocycles. The molecule has 126 valence electrons. The maximum Gasteiger partial charge on any atom is 0.310 e. The molecule has 1 aliphatic rings. The van der Waals surface area contributed by atoms with Crippen molar-refractivity contribution in [1.29, 1.82) is 0 Å². The number of phenols is 2. The lowest BCUT2D eigenvalue weighted by atomic mass is 10.00. The number of esters is 1. The van der Waals surface area contributed by atoms with Gasteiger partial charge in [-0.15, -0.1) is 0 Å². The molecule has 0 bridgehead atoms. The molecule has 0 aliphatic carbocycles. The largest absolute Gasteiger partial charge is 0.508 e. The summed E-state index contributed by atoms with van der Waals surface area (Å²) < 4.78 is 11.1. The number of ether oxygens (including phenoxy) is 2. The average molecular weight is 320 g/mol. The van der Waals surface area contributed by atoms with Crippen LogP contribution in [0.25, 0.3) is 6.08 Å². The van der Waals surface area contributed by atoms with Crippen LogP contribution < -0.4 is 0 Å². The molecular formula is C18H24O5. The number of aromatic hydroxyl groups is 2. The van der Waals surface area contributed by atoms with Gasteiger partial charge in [0.15, 0.2) is 0 Å². The molecule has 0 fully saturated rings. The summed E-state index contributed by atoms with van der Waals surface area (Å²) >= 11 is 0. The van der Waals surface area contributed by atoms with Gasteiger partial charge < -0.3 is 19.7 Å². The Labute approximate surface area is 136 Å². The smallest absolute Gasteiger partial charge is 0.310 e. The average Bonchev–Trinajstić information content (AvgIpc) is 2.44. The number of carbonyl (C=O) groups excluding carboxylic acids is 1. The SMILES string of the molecule is CCOC1/C=C/c2c(O)cc(O)cc2CC(=O)O[C@@H](C)CCC1. The van der Waals surface area contributed by atoms with Crippen LogP contribution in [0.4, 0.5) is 0 Å². The van der Waals surface area contributed by atoms with Crippen molar-refractivity contribution in [3.05, 3.63) is 29.3 Å². The number of carbonyl (C=O) groups is 1. The Hall–Kier alpha value is -2.01. The van der Waals surface area contributed by atoms with E-state index in [1.54, 1.807) is 6.08 Å². The minimum absolute atomic E-state index is 0.00523. The van der Waals surface area contributed by atoms with Gasteiger partial charge in [-0.05, 0) is 44.7 Å².